The summed E-state index contributed by atoms with van der Waals surface area (Å²) in [4.78, 5) is -0.104. The van der Waals surface area contributed by atoms with Gasteiger partial charge in [-0.1, -0.05) is 24.8 Å². The Hall–Kier alpha value is -0.507. The van der Waals surface area contributed by atoms with Crippen LogP contribution in [0.1, 0.15) is 5.56 Å². The van der Waals surface area contributed by atoms with Crippen LogP contribution in [0.3, 0.4) is 0 Å². The third kappa shape index (κ3) is 3.38. The Morgan fingerprint density at radius 3 is 2.00 bits per heavy atom. The second kappa shape index (κ2) is 4.65. The predicted octanol–water partition coefficient (Wildman–Crippen LogP) is 1.57. The quantitative estimate of drug-likeness (QED) is 0.639. The van der Waals surface area contributed by atoms with Gasteiger partial charge < -0.3 is 0 Å². The van der Waals surface area contributed by atoms with Crippen molar-refractivity contribution in [3.8, 4) is 0 Å². The summed E-state index contributed by atoms with van der Waals surface area (Å²) in [6.45, 7) is 3.51. The van der Waals surface area contributed by atoms with Crippen LogP contribution in [0.15, 0.2) is 35.7 Å². The van der Waals surface area contributed by atoms with Crippen molar-refractivity contribution in [2.75, 3.05) is 0 Å². The third-order valence-electron chi connectivity index (χ3n) is 1.41. The molecule has 0 heterocycles. The number of rotatable bonds is 2. The molecule has 0 saturated heterocycles. The van der Waals surface area contributed by atoms with Gasteiger partial charge in [0.2, 0.25) is 0 Å². The van der Waals surface area contributed by atoms with Crippen LogP contribution in [0.25, 0.3) is 6.08 Å². The Morgan fingerprint density at radius 2 is 1.69 bits per heavy atom. The van der Waals surface area contributed by atoms with E-state index in [0.717, 1.165) is 5.56 Å². The average molecular weight is 250 g/mol. The first kappa shape index (κ1) is 12.5. The molecule has 0 saturated carbocycles. The molecule has 5 heteroatoms. The summed E-state index contributed by atoms with van der Waals surface area (Å²) in [6, 6.07) is 5.78. The van der Waals surface area contributed by atoms with Crippen LogP contribution < -0.4 is 0 Å². The molecule has 0 aliphatic carbocycles. The smallest absolute Gasteiger partial charge is 0.282 e. The van der Waals surface area contributed by atoms with E-state index in [1.807, 2.05) is 0 Å². The molecule has 1 rings (SSSR count). The Labute approximate surface area is 90.0 Å². The van der Waals surface area contributed by atoms with Crippen molar-refractivity contribution in [2.45, 2.75) is 4.90 Å². The molecule has 0 radical (unpaired) electrons. The van der Waals surface area contributed by atoms with Crippen LogP contribution in [0.5, 0.6) is 0 Å². The molecule has 0 bridgehead atoms. The molecule has 0 spiro atoms. The molecule has 0 atom stereocenters. The SMILES string of the molecule is C=Cc1ccc(S(=O)(=O)O)cc1.[Zn]. The van der Waals surface area contributed by atoms with Gasteiger partial charge in [0.15, 0.2) is 0 Å². The predicted molar refractivity (Wildman–Crippen MR) is 46.3 cm³/mol. The van der Waals surface area contributed by atoms with Gasteiger partial charge in [0, 0.05) is 19.5 Å². The van der Waals surface area contributed by atoms with E-state index in [0.29, 0.717) is 0 Å². The summed E-state index contributed by atoms with van der Waals surface area (Å²) in [7, 11) is -4.06. The minimum atomic E-state index is -4.06. The monoisotopic (exact) mass is 248 g/mol. The normalized spacial score (nSPS) is 10.2. The van der Waals surface area contributed by atoms with E-state index in [2.05, 4.69) is 6.58 Å². The number of benzene rings is 1. The van der Waals surface area contributed by atoms with Gasteiger partial charge in [0.25, 0.3) is 10.1 Å². The molecule has 3 nitrogen and oxygen atoms in total. The second-order valence-electron chi connectivity index (χ2n) is 2.25. The Kier molecular flexibility index (Phi) is 4.47. The third-order valence-corrected chi connectivity index (χ3v) is 2.28. The van der Waals surface area contributed by atoms with E-state index < -0.39 is 10.1 Å². The van der Waals surface area contributed by atoms with Crippen LogP contribution in [-0.2, 0) is 29.6 Å². The van der Waals surface area contributed by atoms with Crippen LogP contribution in [-0.4, -0.2) is 13.0 Å². The van der Waals surface area contributed by atoms with Crippen molar-refractivity contribution in [3.05, 3.63) is 36.4 Å². The van der Waals surface area contributed by atoms with E-state index >= 15 is 0 Å². The van der Waals surface area contributed by atoms with Crippen LogP contribution in [0.4, 0.5) is 0 Å². The fraction of sp³-hybridized carbons (Fsp3) is 0. The largest absolute Gasteiger partial charge is 0.294 e. The molecule has 66 valence electrons. The van der Waals surface area contributed by atoms with Gasteiger partial charge in [-0.3, -0.25) is 4.55 Å². The van der Waals surface area contributed by atoms with Gasteiger partial charge >= 0.3 is 0 Å². The van der Waals surface area contributed by atoms with E-state index in [1.165, 1.54) is 12.1 Å². The molecule has 1 aromatic carbocycles. The zero-order valence-corrected chi connectivity index (χ0v) is 10.8. The van der Waals surface area contributed by atoms with Gasteiger partial charge in [-0.15, -0.1) is 0 Å². The first-order chi connectivity index (χ1) is 5.54. The summed E-state index contributed by atoms with van der Waals surface area (Å²) >= 11 is 0. The molecular weight excluding hydrogens is 242 g/mol. The second-order valence-corrected chi connectivity index (χ2v) is 3.67. The molecule has 0 fully saturated rings. The number of hydrogen-bond donors (Lipinski definition) is 1. The maximum absolute atomic E-state index is 10.6. The maximum atomic E-state index is 10.6. The summed E-state index contributed by atoms with van der Waals surface area (Å²) in [5.74, 6) is 0. The molecule has 0 aliphatic rings. The van der Waals surface area contributed by atoms with Crippen LogP contribution in [0, 0.1) is 0 Å². The van der Waals surface area contributed by atoms with Crippen LogP contribution in [0.2, 0.25) is 0 Å². The van der Waals surface area contributed by atoms with E-state index in [9.17, 15) is 8.42 Å². The zero-order valence-electron chi connectivity index (χ0n) is 6.97. The average Bonchev–Trinajstić information content (AvgIpc) is 2.03. The van der Waals surface area contributed by atoms with Crippen molar-refractivity contribution in [2.24, 2.45) is 0 Å². The fourth-order valence-electron chi connectivity index (χ4n) is 0.776. The van der Waals surface area contributed by atoms with Crippen molar-refractivity contribution in [1.29, 1.82) is 0 Å². The van der Waals surface area contributed by atoms with E-state index in [-0.39, 0.29) is 24.4 Å². The van der Waals surface area contributed by atoms with Crippen molar-refractivity contribution in [3.63, 3.8) is 0 Å². The van der Waals surface area contributed by atoms with Crippen molar-refractivity contribution in [1.82, 2.24) is 0 Å². The molecule has 0 aromatic heterocycles. The molecular formula is C8H8O3SZn. The van der Waals surface area contributed by atoms with Gasteiger partial charge in [-0.25, -0.2) is 0 Å². The summed E-state index contributed by atoms with van der Waals surface area (Å²) < 4.78 is 29.7. The van der Waals surface area contributed by atoms with Gasteiger partial charge in [0.1, 0.15) is 0 Å². The summed E-state index contributed by atoms with van der Waals surface area (Å²) in [5, 5.41) is 0. The minimum Gasteiger partial charge on any atom is -0.282 e. The van der Waals surface area contributed by atoms with Crippen molar-refractivity contribution >= 4 is 16.2 Å². The van der Waals surface area contributed by atoms with Gasteiger partial charge in [-0.05, 0) is 17.7 Å². The Morgan fingerprint density at radius 1 is 1.23 bits per heavy atom. The first-order valence-corrected chi connectivity index (χ1v) is 4.68. The zero-order chi connectivity index (χ0) is 9.19. The summed E-state index contributed by atoms with van der Waals surface area (Å²) in [5.41, 5.74) is 0.808. The number of hydrogen-bond acceptors (Lipinski definition) is 2. The molecule has 0 amide bonds. The molecule has 1 aromatic rings. The van der Waals surface area contributed by atoms with Gasteiger partial charge in [-0.2, -0.15) is 8.42 Å². The van der Waals surface area contributed by atoms with E-state index in [1.54, 1.807) is 18.2 Å². The van der Waals surface area contributed by atoms with Crippen LogP contribution >= 0.6 is 0 Å². The van der Waals surface area contributed by atoms with Gasteiger partial charge in [0.05, 0.1) is 4.90 Å². The van der Waals surface area contributed by atoms with Crippen molar-refractivity contribution < 1.29 is 32.4 Å². The standard InChI is InChI=1S/C8H8O3S.Zn/c1-2-7-3-5-8(6-4-7)12(9,10)11;/h2-6H,1H2,(H,9,10,11);. The maximum Gasteiger partial charge on any atom is 0.294 e. The summed E-state index contributed by atoms with van der Waals surface area (Å²) in [6.07, 6.45) is 1.59. The molecule has 1 N–H and O–H groups in total. The Balaban J connectivity index is 0.00000144. The topological polar surface area (TPSA) is 54.4 Å². The molecule has 0 aliphatic heterocycles. The fourth-order valence-corrected chi connectivity index (χ4v) is 1.26. The first-order valence-electron chi connectivity index (χ1n) is 3.24. The molecule has 0 unspecified atom stereocenters. The minimum absolute atomic E-state index is 0. The molecule has 13 heavy (non-hydrogen) atoms. The van der Waals surface area contributed by atoms with E-state index in [4.69, 9.17) is 4.55 Å². The Bertz CT molecular complexity index is 380.